The van der Waals surface area contributed by atoms with Gasteiger partial charge in [0.05, 0.1) is 6.61 Å². The quantitative estimate of drug-likeness (QED) is 0.0228. The fourth-order valence-electron chi connectivity index (χ4n) is 9.35. The zero-order valence-electron chi connectivity index (χ0n) is 48.1. The number of ether oxygens (including phenoxy) is 5. The number of carboxylic acid groups (broad SMARTS) is 1. The Balaban J connectivity index is 2.65. The van der Waals surface area contributed by atoms with E-state index in [-0.39, 0.29) is 25.9 Å². The van der Waals surface area contributed by atoms with Gasteiger partial charge in [-0.3, -0.25) is 14.4 Å². The van der Waals surface area contributed by atoms with Crippen LogP contribution in [0.1, 0.15) is 290 Å². The van der Waals surface area contributed by atoms with Crippen LogP contribution in [0.4, 0.5) is 0 Å². The van der Waals surface area contributed by atoms with Gasteiger partial charge in [-0.1, -0.05) is 211 Å². The van der Waals surface area contributed by atoms with Crippen molar-refractivity contribution < 1.29 is 58.2 Å². The van der Waals surface area contributed by atoms with Crippen LogP contribution >= 0.6 is 0 Å². The molecule has 12 heteroatoms. The number of unbranched alkanes of at least 4 members (excludes halogenated alkanes) is 33. The maximum atomic E-state index is 13.1. The molecule has 1 saturated heterocycles. The first-order chi connectivity index (χ1) is 36.6. The van der Waals surface area contributed by atoms with E-state index in [1.807, 2.05) is 0 Å². The van der Waals surface area contributed by atoms with Crippen LogP contribution < -0.4 is 0 Å². The minimum atomic E-state index is -1.90. The number of aliphatic carboxylic acids is 1. The van der Waals surface area contributed by atoms with Crippen LogP contribution in [0.5, 0.6) is 0 Å². The van der Waals surface area contributed by atoms with Crippen molar-refractivity contribution in [1.29, 1.82) is 0 Å². The molecule has 0 aliphatic carbocycles. The van der Waals surface area contributed by atoms with Crippen molar-refractivity contribution in [2.75, 3.05) is 13.2 Å². The normalized spacial score (nSPS) is 18.3. The van der Waals surface area contributed by atoms with Crippen LogP contribution in [-0.4, -0.2) is 89.2 Å². The summed E-state index contributed by atoms with van der Waals surface area (Å²) in [4.78, 5) is 51.1. The van der Waals surface area contributed by atoms with Crippen LogP contribution in [0.25, 0.3) is 0 Å². The summed E-state index contributed by atoms with van der Waals surface area (Å²) in [6.45, 7) is 5.97. The summed E-state index contributed by atoms with van der Waals surface area (Å²) in [7, 11) is 0. The minimum absolute atomic E-state index is 0.0593. The van der Waals surface area contributed by atoms with Crippen molar-refractivity contribution in [3.63, 3.8) is 0 Å². The standard InChI is InChI=1S/C63H112O12/c1-4-7-10-13-16-19-22-25-26-27-28-29-30-33-36-39-42-45-48-51-57(66)74-61-59(68)58(67)60(62(69)70)75-63(61)72-53-54(73-56(65)50-47-44-41-38-35-32-24-21-18-15-12-9-6-3)52-71-55(64)49-46-43-40-37-34-31-23-20-17-14-11-8-5-2/h20-21,23-26,54,58-61,63,67-68H,4-19,22,27-53H2,1-3H3,(H,69,70)/b23-20-,24-21-,26-25-. The van der Waals surface area contributed by atoms with E-state index < -0.39 is 67.3 Å². The van der Waals surface area contributed by atoms with Gasteiger partial charge in [-0.2, -0.15) is 0 Å². The summed E-state index contributed by atoms with van der Waals surface area (Å²) in [5.41, 5.74) is 0. The van der Waals surface area contributed by atoms with E-state index in [0.717, 1.165) is 109 Å². The molecule has 436 valence electrons. The summed E-state index contributed by atoms with van der Waals surface area (Å²) in [5.74, 6) is -3.12. The van der Waals surface area contributed by atoms with Gasteiger partial charge in [0.2, 0.25) is 0 Å². The van der Waals surface area contributed by atoms with E-state index in [1.54, 1.807) is 0 Å². The lowest BCUT2D eigenvalue weighted by Gasteiger charge is -2.40. The molecule has 0 saturated carbocycles. The smallest absolute Gasteiger partial charge is 0.335 e. The highest BCUT2D eigenvalue weighted by molar-refractivity contribution is 5.74. The Bertz CT molecular complexity index is 1450. The Hall–Kier alpha value is -3.06. The van der Waals surface area contributed by atoms with Crippen LogP contribution in [0.3, 0.4) is 0 Å². The van der Waals surface area contributed by atoms with Crippen LogP contribution in [0, 0.1) is 0 Å². The molecule has 1 fully saturated rings. The van der Waals surface area contributed by atoms with Gasteiger partial charge in [0.25, 0.3) is 0 Å². The zero-order valence-corrected chi connectivity index (χ0v) is 48.1. The van der Waals surface area contributed by atoms with Crippen molar-refractivity contribution in [1.82, 2.24) is 0 Å². The topological polar surface area (TPSA) is 175 Å². The summed E-state index contributed by atoms with van der Waals surface area (Å²) < 4.78 is 28.4. The van der Waals surface area contributed by atoms with Gasteiger partial charge < -0.3 is 39.0 Å². The maximum Gasteiger partial charge on any atom is 0.335 e. The number of hydrogen-bond acceptors (Lipinski definition) is 11. The van der Waals surface area contributed by atoms with Gasteiger partial charge in [0, 0.05) is 19.3 Å². The molecule has 1 aliphatic heterocycles. The van der Waals surface area contributed by atoms with Gasteiger partial charge in [0.1, 0.15) is 18.8 Å². The Morgan fingerprint density at radius 1 is 0.427 bits per heavy atom. The average Bonchev–Trinajstić information content (AvgIpc) is 3.39. The molecule has 0 aromatic rings. The van der Waals surface area contributed by atoms with Gasteiger partial charge >= 0.3 is 23.9 Å². The van der Waals surface area contributed by atoms with Gasteiger partial charge in [-0.15, -0.1) is 0 Å². The lowest BCUT2D eigenvalue weighted by atomic mass is 9.98. The predicted octanol–water partition coefficient (Wildman–Crippen LogP) is 16.0. The third-order valence-electron chi connectivity index (χ3n) is 14.2. The van der Waals surface area contributed by atoms with Crippen LogP contribution in [0.15, 0.2) is 36.5 Å². The van der Waals surface area contributed by atoms with Crippen molar-refractivity contribution in [3.05, 3.63) is 36.5 Å². The summed E-state index contributed by atoms with van der Waals surface area (Å²) in [5, 5.41) is 31.5. The van der Waals surface area contributed by atoms with Gasteiger partial charge in [0.15, 0.2) is 24.6 Å². The first kappa shape index (κ1) is 70.0. The number of rotatable bonds is 53. The Labute approximate surface area is 457 Å². The minimum Gasteiger partial charge on any atom is -0.479 e. The maximum absolute atomic E-state index is 13.1. The molecule has 6 atom stereocenters. The zero-order chi connectivity index (χ0) is 54.7. The van der Waals surface area contributed by atoms with Gasteiger partial charge in [-0.05, 0) is 96.3 Å². The summed E-state index contributed by atoms with van der Waals surface area (Å²) in [6, 6.07) is 0. The van der Waals surface area contributed by atoms with Crippen LogP contribution in [-0.2, 0) is 42.9 Å². The average molecular weight is 1060 g/mol. The second kappa shape index (κ2) is 51.7. The summed E-state index contributed by atoms with van der Waals surface area (Å²) >= 11 is 0. The highest BCUT2D eigenvalue weighted by Gasteiger charge is 2.50. The molecule has 0 amide bonds. The first-order valence-corrected chi connectivity index (χ1v) is 31.0. The van der Waals surface area contributed by atoms with Crippen molar-refractivity contribution in [2.24, 2.45) is 0 Å². The van der Waals surface area contributed by atoms with E-state index in [4.69, 9.17) is 23.7 Å². The largest absolute Gasteiger partial charge is 0.479 e. The van der Waals surface area contributed by atoms with Crippen molar-refractivity contribution in [3.8, 4) is 0 Å². The molecule has 0 radical (unpaired) electrons. The number of aliphatic hydroxyl groups is 2. The number of hydrogen-bond donors (Lipinski definition) is 3. The molecular formula is C63H112O12. The molecule has 1 aliphatic rings. The second-order valence-electron chi connectivity index (χ2n) is 21.3. The predicted molar refractivity (Wildman–Crippen MR) is 303 cm³/mol. The van der Waals surface area contributed by atoms with Gasteiger partial charge in [-0.25, -0.2) is 4.79 Å². The van der Waals surface area contributed by atoms with Crippen molar-refractivity contribution >= 4 is 23.9 Å². The van der Waals surface area contributed by atoms with E-state index in [2.05, 4.69) is 57.2 Å². The second-order valence-corrected chi connectivity index (χ2v) is 21.3. The number of aliphatic hydroxyl groups excluding tert-OH is 2. The number of allylic oxidation sites excluding steroid dienone is 6. The molecule has 1 rings (SSSR count). The number of carboxylic acids is 1. The van der Waals surface area contributed by atoms with E-state index in [1.165, 1.54) is 122 Å². The van der Waals surface area contributed by atoms with Crippen molar-refractivity contribution in [2.45, 2.75) is 327 Å². The molecular weight excluding hydrogens is 949 g/mol. The van der Waals surface area contributed by atoms with E-state index >= 15 is 0 Å². The number of esters is 3. The highest BCUT2D eigenvalue weighted by atomic mass is 16.7. The molecule has 1 heterocycles. The lowest BCUT2D eigenvalue weighted by Crippen LogP contribution is -2.61. The number of carbonyl (C=O) groups is 4. The van der Waals surface area contributed by atoms with E-state index in [9.17, 15) is 34.5 Å². The Kier molecular flexibility index (Phi) is 48.2. The van der Waals surface area contributed by atoms with E-state index in [0.29, 0.717) is 19.3 Å². The third-order valence-corrected chi connectivity index (χ3v) is 14.2. The number of carbonyl (C=O) groups excluding carboxylic acids is 3. The third kappa shape index (κ3) is 41.7. The highest BCUT2D eigenvalue weighted by Crippen LogP contribution is 2.27. The molecule has 0 bridgehead atoms. The SMILES string of the molecule is CCCCCC/C=C\CCCCCCCC(=O)OCC(COC1OC(C(=O)O)C(O)C(O)C1OC(=O)CCCCCCCCCCC/C=C\CCCCCCCC)OC(=O)CCCCCCC/C=C\CCCCCC. The molecule has 3 N–H and O–H groups in total. The molecule has 6 unspecified atom stereocenters. The summed E-state index contributed by atoms with van der Waals surface area (Å²) in [6.07, 6.45) is 48.2. The molecule has 75 heavy (non-hydrogen) atoms. The molecule has 12 nitrogen and oxygen atoms in total. The molecule has 0 spiro atoms. The Morgan fingerprint density at radius 3 is 1.15 bits per heavy atom. The lowest BCUT2D eigenvalue weighted by molar-refractivity contribution is -0.301. The fraction of sp³-hybridized carbons (Fsp3) is 0.841. The monoisotopic (exact) mass is 1060 g/mol. The van der Waals surface area contributed by atoms with Crippen LogP contribution in [0.2, 0.25) is 0 Å². The Morgan fingerprint density at radius 2 is 0.760 bits per heavy atom. The molecule has 0 aromatic carbocycles. The first-order valence-electron chi connectivity index (χ1n) is 31.0. The molecule has 0 aromatic heterocycles. The fourth-order valence-corrected chi connectivity index (χ4v) is 9.35.